The summed E-state index contributed by atoms with van der Waals surface area (Å²) >= 11 is 13.6. The van der Waals surface area contributed by atoms with Crippen molar-refractivity contribution in [1.82, 2.24) is 9.80 Å². The predicted molar refractivity (Wildman–Crippen MR) is 140 cm³/mol. The molecule has 0 unspecified atom stereocenters. The van der Waals surface area contributed by atoms with Crippen LogP contribution in [-0.4, -0.2) is 55.3 Å². The van der Waals surface area contributed by atoms with Crippen molar-refractivity contribution >= 4 is 52.2 Å². The summed E-state index contributed by atoms with van der Waals surface area (Å²) in [6.45, 7) is 1.31. The highest BCUT2D eigenvalue weighted by Gasteiger charge is 2.23. The molecule has 1 N–H and O–H groups in total. The molecule has 190 valence electrons. The van der Waals surface area contributed by atoms with E-state index in [-0.39, 0.29) is 32.4 Å². The van der Waals surface area contributed by atoms with Crippen molar-refractivity contribution in [3.05, 3.63) is 74.4 Å². The average molecular weight is 550 g/mol. The largest absolute Gasteiger partial charge is 0.454 e. The van der Waals surface area contributed by atoms with E-state index in [0.717, 1.165) is 10.4 Å². The van der Waals surface area contributed by atoms with Crippen LogP contribution in [-0.2, 0) is 22.6 Å². The minimum absolute atomic E-state index is 0.132. The molecular formula is C25H25Cl2N3O5S. The summed E-state index contributed by atoms with van der Waals surface area (Å²) in [6.07, 6.45) is 0. The molecule has 0 radical (unpaired) electrons. The molecule has 8 nitrogen and oxygen atoms in total. The van der Waals surface area contributed by atoms with Gasteiger partial charge in [0.05, 0.1) is 23.2 Å². The lowest BCUT2D eigenvalue weighted by atomic mass is 10.2. The zero-order chi connectivity index (χ0) is 25.5. The zero-order valence-corrected chi connectivity index (χ0v) is 21.9. The number of hydrogen-bond donors (Lipinski definition) is 1. The van der Waals surface area contributed by atoms with Crippen molar-refractivity contribution in [3.63, 3.8) is 0 Å². The minimum Gasteiger partial charge on any atom is -0.454 e. The smallest absolute Gasteiger partial charge is 0.322 e. The van der Waals surface area contributed by atoms with Crippen molar-refractivity contribution in [2.75, 3.05) is 38.9 Å². The van der Waals surface area contributed by atoms with Gasteiger partial charge in [0.25, 0.3) is 0 Å². The van der Waals surface area contributed by atoms with E-state index in [1.807, 2.05) is 35.7 Å². The molecule has 1 aliphatic rings. The van der Waals surface area contributed by atoms with Crippen LogP contribution in [0.15, 0.2) is 53.9 Å². The normalized spacial score (nSPS) is 11.9. The van der Waals surface area contributed by atoms with Crippen molar-refractivity contribution in [2.24, 2.45) is 0 Å². The lowest BCUT2D eigenvalue weighted by Crippen LogP contribution is -2.45. The molecule has 3 aromatic rings. The van der Waals surface area contributed by atoms with Crippen molar-refractivity contribution < 1.29 is 23.8 Å². The Kier molecular flexibility index (Phi) is 8.93. The second-order valence-corrected chi connectivity index (χ2v) is 9.84. The number of nitrogens with zero attached hydrogens (tertiary/aromatic N) is 2. The Morgan fingerprint density at radius 3 is 2.61 bits per heavy atom. The van der Waals surface area contributed by atoms with Gasteiger partial charge >= 0.3 is 6.03 Å². The van der Waals surface area contributed by atoms with Crippen molar-refractivity contribution in [3.8, 4) is 11.5 Å². The summed E-state index contributed by atoms with van der Waals surface area (Å²) in [4.78, 5) is 30.7. The molecule has 0 saturated heterocycles. The van der Waals surface area contributed by atoms with Gasteiger partial charge in [0.2, 0.25) is 12.7 Å². The van der Waals surface area contributed by atoms with Crippen LogP contribution in [0.1, 0.15) is 10.4 Å². The molecular weight excluding hydrogens is 525 g/mol. The second kappa shape index (κ2) is 12.3. The van der Waals surface area contributed by atoms with Gasteiger partial charge in [0, 0.05) is 30.8 Å². The first-order valence-corrected chi connectivity index (χ1v) is 12.7. The molecule has 0 bridgehead atoms. The summed E-state index contributed by atoms with van der Waals surface area (Å²) in [5.41, 5.74) is 1.37. The number of urea groups is 1. The van der Waals surface area contributed by atoms with Crippen LogP contribution in [0.2, 0.25) is 10.0 Å². The number of halogens is 2. The maximum absolute atomic E-state index is 13.5. The highest BCUT2D eigenvalue weighted by atomic mass is 35.5. The predicted octanol–water partition coefficient (Wildman–Crippen LogP) is 5.49. The molecule has 4 rings (SSSR count). The molecule has 0 saturated carbocycles. The Hall–Kier alpha value is -2.98. The third-order valence-electron chi connectivity index (χ3n) is 5.44. The lowest BCUT2D eigenvalue weighted by molar-refractivity contribution is -0.133. The van der Waals surface area contributed by atoms with Crippen LogP contribution in [0.4, 0.5) is 10.5 Å². The number of rotatable bonds is 10. The minimum atomic E-state index is -0.446. The summed E-state index contributed by atoms with van der Waals surface area (Å²) in [6, 6.07) is 13.9. The number of fused-ring (bicyclic) bond motifs is 1. The molecule has 3 amide bonds. The zero-order valence-electron chi connectivity index (χ0n) is 19.5. The summed E-state index contributed by atoms with van der Waals surface area (Å²) in [5, 5.41) is 5.44. The van der Waals surface area contributed by atoms with Crippen LogP contribution in [0, 0.1) is 0 Å². The first kappa shape index (κ1) is 26.1. The van der Waals surface area contributed by atoms with E-state index in [0.29, 0.717) is 40.3 Å². The van der Waals surface area contributed by atoms with Gasteiger partial charge in [-0.2, -0.15) is 0 Å². The Morgan fingerprint density at radius 2 is 1.86 bits per heavy atom. The maximum atomic E-state index is 13.5. The van der Waals surface area contributed by atoms with Crippen molar-refractivity contribution in [2.45, 2.75) is 13.1 Å². The van der Waals surface area contributed by atoms with Gasteiger partial charge in [0.15, 0.2) is 11.5 Å². The molecule has 2 aromatic carbocycles. The standard InChI is InChI=1S/C25H25Cl2N3O5S/c1-33-9-8-29(25(32)28-18-5-6-20(26)21(27)12-18)15-24(31)30(14-19-3-2-10-36-19)13-17-4-7-22-23(11-17)35-16-34-22/h2-7,10-12H,8-9,13-16H2,1H3,(H,28,32). The van der Waals surface area contributed by atoms with E-state index in [1.165, 1.54) is 4.90 Å². The second-order valence-electron chi connectivity index (χ2n) is 7.99. The Balaban J connectivity index is 1.49. The summed E-state index contributed by atoms with van der Waals surface area (Å²) < 4.78 is 16.0. The fourth-order valence-corrected chi connectivity index (χ4v) is 4.59. The first-order chi connectivity index (χ1) is 17.4. The van der Waals surface area contributed by atoms with Crippen LogP contribution >= 0.6 is 34.5 Å². The van der Waals surface area contributed by atoms with Gasteiger partial charge in [-0.3, -0.25) is 4.79 Å². The van der Waals surface area contributed by atoms with Gasteiger partial charge in [0.1, 0.15) is 6.54 Å². The summed E-state index contributed by atoms with van der Waals surface area (Å²) in [5.74, 6) is 1.12. The first-order valence-electron chi connectivity index (χ1n) is 11.1. The highest BCUT2D eigenvalue weighted by Crippen LogP contribution is 2.33. The van der Waals surface area contributed by atoms with Crippen LogP contribution < -0.4 is 14.8 Å². The number of methoxy groups -OCH3 is 1. The van der Waals surface area contributed by atoms with Gasteiger partial charge < -0.3 is 29.3 Å². The van der Waals surface area contributed by atoms with E-state index in [4.69, 9.17) is 37.4 Å². The number of carbonyl (C=O) groups is 2. The highest BCUT2D eigenvalue weighted by molar-refractivity contribution is 7.09. The number of benzene rings is 2. The molecule has 1 aliphatic heterocycles. The van der Waals surface area contributed by atoms with Crippen LogP contribution in [0.5, 0.6) is 11.5 Å². The molecule has 1 aromatic heterocycles. The van der Waals surface area contributed by atoms with Gasteiger partial charge in [-0.15, -0.1) is 11.3 Å². The average Bonchev–Trinajstić information content (AvgIpc) is 3.55. The number of amides is 3. The SMILES string of the molecule is COCCN(CC(=O)N(Cc1ccc2c(c1)OCO2)Cc1cccs1)C(=O)Nc1ccc(Cl)c(Cl)c1. The topological polar surface area (TPSA) is 80.3 Å². The van der Waals surface area contributed by atoms with E-state index >= 15 is 0 Å². The fraction of sp³-hybridized carbons (Fsp3) is 0.280. The number of carbonyl (C=O) groups excluding carboxylic acids is 2. The Labute approximate surface area is 223 Å². The lowest BCUT2D eigenvalue weighted by Gasteiger charge is -2.28. The van der Waals surface area contributed by atoms with Crippen molar-refractivity contribution in [1.29, 1.82) is 0 Å². The number of thiophene rings is 1. The molecule has 0 aliphatic carbocycles. The van der Waals surface area contributed by atoms with Crippen LogP contribution in [0.3, 0.4) is 0 Å². The Morgan fingerprint density at radius 1 is 1.03 bits per heavy atom. The monoisotopic (exact) mass is 549 g/mol. The third-order valence-corrected chi connectivity index (χ3v) is 7.04. The van der Waals surface area contributed by atoms with Gasteiger partial charge in [-0.05, 0) is 47.3 Å². The molecule has 36 heavy (non-hydrogen) atoms. The molecule has 11 heteroatoms. The quantitative estimate of drug-likeness (QED) is 0.361. The summed E-state index contributed by atoms with van der Waals surface area (Å²) in [7, 11) is 1.54. The van der Waals surface area contributed by atoms with Crippen LogP contribution in [0.25, 0.3) is 0 Å². The Bertz CT molecular complexity index is 1210. The third kappa shape index (κ3) is 6.82. The number of ether oxygens (including phenoxy) is 3. The maximum Gasteiger partial charge on any atom is 0.322 e. The van der Waals surface area contributed by atoms with E-state index in [9.17, 15) is 9.59 Å². The molecule has 2 heterocycles. The van der Waals surface area contributed by atoms with E-state index in [1.54, 1.807) is 41.5 Å². The molecule has 0 atom stereocenters. The van der Waals surface area contributed by atoms with E-state index < -0.39 is 6.03 Å². The number of hydrogen-bond acceptors (Lipinski definition) is 6. The van der Waals surface area contributed by atoms with E-state index in [2.05, 4.69) is 5.32 Å². The van der Waals surface area contributed by atoms with Gasteiger partial charge in [-0.1, -0.05) is 35.3 Å². The molecule has 0 fully saturated rings. The molecule has 0 spiro atoms. The number of anilines is 1. The van der Waals surface area contributed by atoms with Gasteiger partial charge in [-0.25, -0.2) is 4.79 Å². The number of nitrogens with one attached hydrogen (secondary N) is 1. The fourth-order valence-electron chi connectivity index (χ4n) is 3.58.